The Balaban J connectivity index is 2.27. The minimum absolute atomic E-state index is 0.742. The third-order valence-corrected chi connectivity index (χ3v) is 1.89. The van der Waals surface area contributed by atoms with Crippen molar-refractivity contribution in [1.29, 1.82) is 0 Å². The molecule has 0 atom stereocenters. The Morgan fingerprint density at radius 1 is 1.25 bits per heavy atom. The van der Waals surface area contributed by atoms with Gasteiger partial charge in [-0.2, -0.15) is 0 Å². The van der Waals surface area contributed by atoms with Crippen molar-refractivity contribution < 1.29 is 0 Å². The van der Waals surface area contributed by atoms with E-state index < -0.39 is 0 Å². The van der Waals surface area contributed by atoms with E-state index in [1.54, 1.807) is 0 Å². The van der Waals surface area contributed by atoms with Gasteiger partial charge in [0.15, 0.2) is 0 Å². The lowest BCUT2D eigenvalue weighted by Crippen LogP contribution is -1.87. The zero-order valence-electron chi connectivity index (χ0n) is 4.68. The highest BCUT2D eigenvalue weighted by Gasteiger charge is 1.99. The number of rotatable bonds is 2. The van der Waals surface area contributed by atoms with Crippen LogP contribution >= 0.6 is 22.6 Å². The van der Waals surface area contributed by atoms with Gasteiger partial charge in [-0.1, -0.05) is 46.9 Å². The summed E-state index contributed by atoms with van der Waals surface area (Å²) in [5.74, 6) is 0.742. The molecule has 0 spiro atoms. The van der Waals surface area contributed by atoms with E-state index in [0.717, 1.165) is 5.92 Å². The Bertz CT molecular complexity index is 102. The lowest BCUT2D eigenvalue weighted by molar-refractivity contribution is 0.802. The maximum atomic E-state index is 2.41. The van der Waals surface area contributed by atoms with Crippen molar-refractivity contribution in [3.05, 3.63) is 24.3 Å². The molecular weight excluding hydrogens is 211 g/mol. The fourth-order valence-electron chi connectivity index (χ4n) is 0.796. The first kappa shape index (κ1) is 6.33. The lowest BCUT2D eigenvalue weighted by Gasteiger charge is -1.97. The molecule has 0 heterocycles. The van der Waals surface area contributed by atoms with E-state index in [1.807, 2.05) is 0 Å². The molecule has 0 aliphatic heterocycles. The first-order chi connectivity index (χ1) is 3.93. The smallest absolute Gasteiger partial charge is 0.000387 e. The third kappa shape index (κ3) is 1.62. The molecule has 44 valence electrons. The predicted molar refractivity (Wildman–Crippen MR) is 45.3 cm³/mol. The van der Waals surface area contributed by atoms with Gasteiger partial charge in [0, 0.05) is 4.43 Å². The summed E-state index contributed by atoms with van der Waals surface area (Å²) in [6.45, 7) is 0. The predicted octanol–water partition coefficient (Wildman–Crippen LogP) is 2.55. The lowest BCUT2D eigenvalue weighted by atomic mass is 10.1. The highest BCUT2D eigenvalue weighted by atomic mass is 127. The van der Waals surface area contributed by atoms with Gasteiger partial charge in [0.05, 0.1) is 0 Å². The van der Waals surface area contributed by atoms with Crippen LogP contribution in [0.25, 0.3) is 0 Å². The standard InChI is InChI=1S/C7H9I/c8-6-5-7-3-1-2-4-7/h1-4,7H,5-6H2. The molecule has 0 saturated carbocycles. The highest BCUT2D eigenvalue weighted by molar-refractivity contribution is 14.1. The summed E-state index contributed by atoms with van der Waals surface area (Å²) >= 11 is 2.41. The van der Waals surface area contributed by atoms with Gasteiger partial charge in [-0.3, -0.25) is 0 Å². The Morgan fingerprint density at radius 3 is 2.38 bits per heavy atom. The van der Waals surface area contributed by atoms with Gasteiger partial charge >= 0.3 is 0 Å². The van der Waals surface area contributed by atoms with E-state index in [0.29, 0.717) is 0 Å². The van der Waals surface area contributed by atoms with E-state index in [-0.39, 0.29) is 0 Å². The summed E-state index contributed by atoms with van der Waals surface area (Å²) in [7, 11) is 0. The molecular formula is C7H9I. The van der Waals surface area contributed by atoms with Crippen LogP contribution in [0.4, 0.5) is 0 Å². The topological polar surface area (TPSA) is 0 Å². The first-order valence-electron chi connectivity index (χ1n) is 2.84. The SMILES string of the molecule is ICCC1C=CC=C1. The summed E-state index contributed by atoms with van der Waals surface area (Å²) in [5, 5.41) is 0. The van der Waals surface area contributed by atoms with Gasteiger partial charge in [0.25, 0.3) is 0 Å². The number of allylic oxidation sites excluding steroid dienone is 4. The van der Waals surface area contributed by atoms with Gasteiger partial charge in [-0.25, -0.2) is 0 Å². The second kappa shape index (κ2) is 3.28. The van der Waals surface area contributed by atoms with Crippen molar-refractivity contribution in [3.8, 4) is 0 Å². The van der Waals surface area contributed by atoms with Crippen molar-refractivity contribution >= 4 is 22.6 Å². The maximum absolute atomic E-state index is 2.41. The van der Waals surface area contributed by atoms with Crippen molar-refractivity contribution in [2.75, 3.05) is 4.43 Å². The van der Waals surface area contributed by atoms with E-state index in [9.17, 15) is 0 Å². The molecule has 8 heavy (non-hydrogen) atoms. The van der Waals surface area contributed by atoms with Crippen LogP contribution in [-0.2, 0) is 0 Å². The van der Waals surface area contributed by atoms with E-state index in [1.165, 1.54) is 10.8 Å². The molecule has 0 aromatic carbocycles. The van der Waals surface area contributed by atoms with Gasteiger partial charge < -0.3 is 0 Å². The highest BCUT2D eigenvalue weighted by Crippen LogP contribution is 2.13. The molecule has 0 N–H and O–H groups in total. The normalized spacial score (nSPS) is 18.1. The van der Waals surface area contributed by atoms with Crippen LogP contribution in [0.2, 0.25) is 0 Å². The van der Waals surface area contributed by atoms with Crippen LogP contribution in [0.1, 0.15) is 6.42 Å². The number of hydrogen-bond donors (Lipinski definition) is 0. The molecule has 0 radical (unpaired) electrons. The molecule has 0 unspecified atom stereocenters. The van der Waals surface area contributed by atoms with Crippen molar-refractivity contribution in [3.63, 3.8) is 0 Å². The molecule has 1 heteroatoms. The van der Waals surface area contributed by atoms with Crippen LogP contribution in [-0.4, -0.2) is 4.43 Å². The molecule has 0 bridgehead atoms. The Labute approximate surface area is 63.8 Å². The van der Waals surface area contributed by atoms with E-state index in [4.69, 9.17) is 0 Å². The fourth-order valence-corrected chi connectivity index (χ4v) is 1.52. The van der Waals surface area contributed by atoms with E-state index in [2.05, 4.69) is 46.9 Å². The van der Waals surface area contributed by atoms with Crippen LogP contribution in [0.3, 0.4) is 0 Å². The van der Waals surface area contributed by atoms with Crippen LogP contribution in [0.15, 0.2) is 24.3 Å². The summed E-state index contributed by atoms with van der Waals surface area (Å²) in [6, 6.07) is 0. The minimum Gasteiger partial charge on any atom is -0.0863 e. The minimum atomic E-state index is 0.742. The Kier molecular flexibility index (Phi) is 2.59. The van der Waals surface area contributed by atoms with Gasteiger partial charge in [-0.05, 0) is 12.3 Å². The van der Waals surface area contributed by atoms with Gasteiger partial charge in [-0.15, -0.1) is 0 Å². The third-order valence-electron chi connectivity index (χ3n) is 1.27. The molecule has 1 aliphatic carbocycles. The monoisotopic (exact) mass is 220 g/mol. The fraction of sp³-hybridized carbons (Fsp3) is 0.429. The first-order valence-corrected chi connectivity index (χ1v) is 4.37. The Hall–Kier alpha value is 0.210. The maximum Gasteiger partial charge on any atom is 0.000387 e. The number of hydrogen-bond acceptors (Lipinski definition) is 0. The quantitative estimate of drug-likeness (QED) is 0.495. The van der Waals surface area contributed by atoms with E-state index >= 15 is 0 Å². The summed E-state index contributed by atoms with van der Waals surface area (Å²) in [5.41, 5.74) is 0. The number of alkyl halides is 1. The van der Waals surface area contributed by atoms with Crippen LogP contribution in [0, 0.1) is 5.92 Å². The molecule has 0 saturated heterocycles. The van der Waals surface area contributed by atoms with Crippen molar-refractivity contribution in [1.82, 2.24) is 0 Å². The molecule has 0 nitrogen and oxygen atoms in total. The zero-order valence-corrected chi connectivity index (χ0v) is 6.84. The summed E-state index contributed by atoms with van der Waals surface area (Å²) in [4.78, 5) is 0. The molecule has 0 amide bonds. The molecule has 1 aliphatic rings. The van der Waals surface area contributed by atoms with Crippen molar-refractivity contribution in [2.45, 2.75) is 6.42 Å². The summed E-state index contributed by atoms with van der Waals surface area (Å²) in [6.07, 6.45) is 10.0. The average Bonchev–Trinajstić information content (AvgIpc) is 2.19. The van der Waals surface area contributed by atoms with Crippen molar-refractivity contribution in [2.24, 2.45) is 5.92 Å². The van der Waals surface area contributed by atoms with Crippen LogP contribution in [0.5, 0.6) is 0 Å². The summed E-state index contributed by atoms with van der Waals surface area (Å²) < 4.78 is 1.26. The largest absolute Gasteiger partial charge is 0.0863 e. The second-order valence-corrected chi connectivity index (χ2v) is 2.99. The van der Waals surface area contributed by atoms with Gasteiger partial charge in [0.2, 0.25) is 0 Å². The molecule has 1 rings (SSSR count). The molecule has 0 aromatic rings. The molecule has 0 fully saturated rings. The number of halogens is 1. The molecule has 0 aromatic heterocycles. The zero-order chi connectivity index (χ0) is 5.82. The van der Waals surface area contributed by atoms with Gasteiger partial charge in [0.1, 0.15) is 0 Å². The Morgan fingerprint density at radius 2 is 1.88 bits per heavy atom. The second-order valence-electron chi connectivity index (χ2n) is 1.91. The average molecular weight is 220 g/mol. The van der Waals surface area contributed by atoms with Crippen LogP contribution < -0.4 is 0 Å².